The third-order valence-corrected chi connectivity index (χ3v) is 3.71. The maximum Gasteiger partial charge on any atom is 0.326 e. The van der Waals surface area contributed by atoms with Crippen molar-refractivity contribution in [3.05, 3.63) is 0 Å². The molecular weight excluding hydrogens is 308 g/mol. The molecule has 0 saturated carbocycles. The highest BCUT2D eigenvalue weighted by molar-refractivity contribution is 5.97. The lowest BCUT2D eigenvalue weighted by Gasteiger charge is -2.34. The second-order valence-corrected chi connectivity index (χ2v) is 5.66. The van der Waals surface area contributed by atoms with Gasteiger partial charge in [-0.05, 0) is 0 Å². The molecule has 0 radical (unpaired) electrons. The maximum atomic E-state index is 12.0. The van der Waals surface area contributed by atoms with E-state index in [1.54, 1.807) is 6.92 Å². The van der Waals surface area contributed by atoms with Crippen LogP contribution >= 0.6 is 0 Å². The second-order valence-electron chi connectivity index (χ2n) is 5.66. The molecule has 4 atom stereocenters. The van der Waals surface area contributed by atoms with Crippen molar-refractivity contribution < 1.29 is 33.4 Å². The van der Waals surface area contributed by atoms with Crippen LogP contribution in [0.3, 0.4) is 0 Å². The fourth-order valence-corrected chi connectivity index (χ4v) is 2.59. The van der Waals surface area contributed by atoms with Crippen molar-refractivity contribution in [1.82, 2.24) is 10.2 Å². The molecule has 0 aromatic carbocycles. The summed E-state index contributed by atoms with van der Waals surface area (Å²) >= 11 is 0. The number of amides is 3. The fourth-order valence-electron chi connectivity index (χ4n) is 2.59. The zero-order chi connectivity index (χ0) is 17.1. The molecule has 23 heavy (non-hydrogen) atoms. The van der Waals surface area contributed by atoms with E-state index < -0.39 is 36.4 Å². The fraction of sp³-hybridized carbons (Fsp3) is 0.714. The van der Waals surface area contributed by atoms with Crippen LogP contribution in [0.15, 0.2) is 0 Å². The third kappa shape index (κ3) is 4.19. The molecule has 2 rings (SSSR count). The van der Waals surface area contributed by atoms with E-state index >= 15 is 0 Å². The Bertz CT molecular complexity index is 521. The molecule has 2 fully saturated rings. The van der Waals surface area contributed by atoms with Crippen molar-refractivity contribution in [1.29, 1.82) is 0 Å². The van der Waals surface area contributed by atoms with Crippen LogP contribution in [0.5, 0.6) is 0 Å². The summed E-state index contributed by atoms with van der Waals surface area (Å²) in [5.74, 6) is -1.67. The minimum Gasteiger partial charge on any atom is -0.463 e. The first kappa shape index (κ1) is 17.2. The van der Waals surface area contributed by atoms with Gasteiger partial charge in [0.2, 0.25) is 5.91 Å². The van der Waals surface area contributed by atoms with Crippen LogP contribution in [0, 0.1) is 5.92 Å². The van der Waals surface area contributed by atoms with Crippen molar-refractivity contribution in [3.63, 3.8) is 0 Å². The van der Waals surface area contributed by atoms with E-state index in [1.807, 2.05) is 0 Å². The number of hydrogen-bond acceptors (Lipinski definition) is 7. The Labute approximate surface area is 133 Å². The number of carbonyl (C=O) groups excluding carboxylic acids is 4. The van der Waals surface area contributed by atoms with Gasteiger partial charge in [-0.2, -0.15) is 0 Å². The average Bonchev–Trinajstić information content (AvgIpc) is 2.82. The van der Waals surface area contributed by atoms with Crippen molar-refractivity contribution >= 4 is 23.9 Å². The number of esters is 2. The lowest BCUT2D eigenvalue weighted by molar-refractivity contribution is -0.156. The molecule has 2 aliphatic heterocycles. The van der Waals surface area contributed by atoms with E-state index in [0.717, 1.165) is 0 Å². The quantitative estimate of drug-likeness (QED) is 0.710. The van der Waals surface area contributed by atoms with Crippen LogP contribution in [0.1, 0.15) is 27.2 Å². The molecule has 1 N–H and O–H groups in total. The molecule has 2 aliphatic rings. The smallest absolute Gasteiger partial charge is 0.326 e. The monoisotopic (exact) mass is 328 g/mol. The van der Waals surface area contributed by atoms with Gasteiger partial charge in [-0.3, -0.25) is 24.6 Å². The molecule has 9 heteroatoms. The first-order chi connectivity index (χ1) is 10.8. The minimum absolute atomic E-state index is 0.0757. The van der Waals surface area contributed by atoms with Crippen LogP contribution in [0.4, 0.5) is 4.79 Å². The zero-order valence-electron chi connectivity index (χ0n) is 13.2. The standard InChI is InChI=1S/C14H20N2O7/c1-7-5-16(14(20)15-13(7)19)12-4-10(22-9(3)18)11(23-12)6-21-8(2)17/h7,10-12H,4-6H2,1-3H3,(H,15,19,20)/t7?,10-,11+,12+/m0/s1. The molecule has 0 aromatic heterocycles. The normalized spacial score (nSPS) is 30.8. The number of nitrogens with zero attached hydrogens (tertiary/aromatic N) is 1. The van der Waals surface area contributed by atoms with Gasteiger partial charge >= 0.3 is 18.0 Å². The molecule has 0 spiro atoms. The van der Waals surface area contributed by atoms with Gasteiger partial charge in [-0.15, -0.1) is 0 Å². The first-order valence-corrected chi connectivity index (χ1v) is 7.35. The summed E-state index contributed by atoms with van der Waals surface area (Å²) < 4.78 is 15.8. The summed E-state index contributed by atoms with van der Waals surface area (Å²) in [7, 11) is 0. The molecular formula is C14H20N2O7. The highest BCUT2D eigenvalue weighted by Gasteiger charge is 2.44. The Kier molecular flexibility index (Phi) is 5.19. The summed E-state index contributed by atoms with van der Waals surface area (Å²) in [6, 6.07) is -0.548. The highest BCUT2D eigenvalue weighted by Crippen LogP contribution is 2.28. The Morgan fingerprint density at radius 3 is 2.61 bits per heavy atom. The van der Waals surface area contributed by atoms with Gasteiger partial charge in [0.1, 0.15) is 25.0 Å². The molecule has 2 heterocycles. The maximum absolute atomic E-state index is 12.0. The summed E-state index contributed by atoms with van der Waals surface area (Å²) in [4.78, 5) is 47.0. The number of hydrogen-bond donors (Lipinski definition) is 1. The first-order valence-electron chi connectivity index (χ1n) is 7.35. The zero-order valence-corrected chi connectivity index (χ0v) is 13.2. The van der Waals surface area contributed by atoms with Gasteiger partial charge in [0.25, 0.3) is 0 Å². The number of urea groups is 1. The molecule has 1 unspecified atom stereocenters. The summed E-state index contributed by atoms with van der Waals surface area (Å²) in [6.45, 7) is 4.36. The lowest BCUT2D eigenvalue weighted by atomic mass is 10.1. The summed E-state index contributed by atoms with van der Waals surface area (Å²) in [5.41, 5.74) is 0. The number of nitrogens with one attached hydrogen (secondary N) is 1. The molecule has 0 bridgehead atoms. The average molecular weight is 328 g/mol. The van der Waals surface area contributed by atoms with Crippen LogP contribution < -0.4 is 5.32 Å². The van der Waals surface area contributed by atoms with Gasteiger partial charge in [0.05, 0.1) is 5.92 Å². The molecule has 128 valence electrons. The number of carbonyl (C=O) groups is 4. The van der Waals surface area contributed by atoms with Crippen LogP contribution in [0.2, 0.25) is 0 Å². The summed E-state index contributed by atoms with van der Waals surface area (Å²) in [5, 5.41) is 2.25. The third-order valence-electron chi connectivity index (χ3n) is 3.71. The van der Waals surface area contributed by atoms with Gasteiger partial charge < -0.3 is 14.2 Å². The molecule has 0 aliphatic carbocycles. The van der Waals surface area contributed by atoms with E-state index in [-0.39, 0.29) is 31.4 Å². The SMILES string of the molecule is CC(=O)OC[C@H]1O[C@@H](N2CC(C)C(=O)NC2=O)C[C@@H]1OC(C)=O. The Hall–Kier alpha value is -2.16. The van der Waals surface area contributed by atoms with Gasteiger partial charge in [0, 0.05) is 26.8 Å². The van der Waals surface area contributed by atoms with E-state index in [2.05, 4.69) is 5.32 Å². The number of ether oxygens (including phenoxy) is 3. The molecule has 2 saturated heterocycles. The van der Waals surface area contributed by atoms with Gasteiger partial charge in [-0.25, -0.2) is 4.79 Å². The predicted molar refractivity (Wildman–Crippen MR) is 74.9 cm³/mol. The van der Waals surface area contributed by atoms with Crippen LogP contribution in [-0.4, -0.2) is 60.4 Å². The lowest BCUT2D eigenvalue weighted by Crippen LogP contribution is -2.57. The highest BCUT2D eigenvalue weighted by atomic mass is 16.6. The van der Waals surface area contributed by atoms with E-state index in [1.165, 1.54) is 18.7 Å². The summed E-state index contributed by atoms with van der Waals surface area (Å²) in [6.07, 6.45) is -1.69. The van der Waals surface area contributed by atoms with E-state index in [4.69, 9.17) is 14.2 Å². The van der Waals surface area contributed by atoms with Crippen molar-refractivity contribution in [3.8, 4) is 0 Å². The van der Waals surface area contributed by atoms with Crippen LogP contribution in [0.25, 0.3) is 0 Å². The predicted octanol–water partition coefficient (Wildman–Crippen LogP) is -0.216. The largest absolute Gasteiger partial charge is 0.463 e. The van der Waals surface area contributed by atoms with Crippen molar-refractivity contribution in [2.45, 2.75) is 45.6 Å². The molecule has 3 amide bonds. The van der Waals surface area contributed by atoms with Gasteiger partial charge in [0.15, 0.2) is 0 Å². The topological polar surface area (TPSA) is 111 Å². The minimum atomic E-state index is -0.659. The van der Waals surface area contributed by atoms with E-state index in [9.17, 15) is 19.2 Å². The molecule has 0 aromatic rings. The van der Waals surface area contributed by atoms with Gasteiger partial charge in [-0.1, -0.05) is 6.92 Å². The van der Waals surface area contributed by atoms with E-state index in [0.29, 0.717) is 0 Å². The molecule has 9 nitrogen and oxygen atoms in total. The van der Waals surface area contributed by atoms with Crippen LogP contribution in [-0.2, 0) is 28.6 Å². The Morgan fingerprint density at radius 2 is 2.00 bits per heavy atom. The van der Waals surface area contributed by atoms with Crippen molar-refractivity contribution in [2.24, 2.45) is 5.92 Å². The number of rotatable bonds is 4. The Balaban J connectivity index is 2.05. The number of imide groups is 1. The van der Waals surface area contributed by atoms with Crippen molar-refractivity contribution in [2.75, 3.05) is 13.2 Å². The Morgan fingerprint density at radius 1 is 1.30 bits per heavy atom. The second kappa shape index (κ2) is 6.95.